The van der Waals surface area contributed by atoms with Crippen molar-refractivity contribution in [1.82, 2.24) is 4.57 Å². The van der Waals surface area contributed by atoms with Gasteiger partial charge in [-0.05, 0) is 49.4 Å². The highest BCUT2D eigenvalue weighted by atomic mass is 19.3. The first-order chi connectivity index (χ1) is 12.5. The molecule has 0 aliphatic rings. The Hall–Kier alpha value is -3.40. The molecule has 132 valence electrons. The molecule has 7 heteroatoms. The zero-order valence-electron chi connectivity index (χ0n) is 13.8. The lowest BCUT2D eigenvalue weighted by atomic mass is 10.2. The number of hydrogen-bond acceptors (Lipinski definition) is 4. The van der Waals surface area contributed by atoms with E-state index in [1.165, 1.54) is 12.1 Å². The van der Waals surface area contributed by atoms with E-state index in [2.05, 4.69) is 4.74 Å². The van der Waals surface area contributed by atoms with Gasteiger partial charge in [0.25, 0.3) is 0 Å². The standard InChI is InChI=1S/C19H14F2N2O3/c1-2-25-18(24)12-3-5-14(6-4-12)23-11-13(10-22)16-9-15(26-19(20)21)7-8-17(16)23/h3-9,11,19H,2H2,1H3. The molecule has 1 aromatic heterocycles. The Morgan fingerprint density at radius 2 is 1.96 bits per heavy atom. The number of ether oxygens (including phenoxy) is 2. The third kappa shape index (κ3) is 3.35. The highest BCUT2D eigenvalue weighted by molar-refractivity contribution is 5.91. The van der Waals surface area contributed by atoms with Gasteiger partial charge in [0.05, 0.1) is 23.3 Å². The van der Waals surface area contributed by atoms with Crippen molar-refractivity contribution in [3.05, 3.63) is 59.8 Å². The van der Waals surface area contributed by atoms with Gasteiger partial charge in [0.2, 0.25) is 0 Å². The summed E-state index contributed by atoms with van der Waals surface area (Å²) >= 11 is 0. The summed E-state index contributed by atoms with van der Waals surface area (Å²) in [5.74, 6) is -0.428. The van der Waals surface area contributed by atoms with E-state index >= 15 is 0 Å². The summed E-state index contributed by atoms with van der Waals surface area (Å²) < 4.78 is 35.9. The Labute approximate surface area is 148 Å². The average molecular weight is 356 g/mol. The highest BCUT2D eigenvalue weighted by Gasteiger charge is 2.13. The molecular formula is C19H14F2N2O3. The molecule has 0 saturated heterocycles. The molecule has 0 aliphatic carbocycles. The van der Waals surface area contributed by atoms with E-state index in [1.807, 2.05) is 6.07 Å². The van der Waals surface area contributed by atoms with Crippen LogP contribution >= 0.6 is 0 Å². The molecule has 3 rings (SSSR count). The van der Waals surface area contributed by atoms with Crippen LogP contribution < -0.4 is 4.74 Å². The van der Waals surface area contributed by atoms with Crippen molar-refractivity contribution in [2.24, 2.45) is 0 Å². The van der Waals surface area contributed by atoms with Crippen LogP contribution in [0, 0.1) is 11.3 Å². The highest BCUT2D eigenvalue weighted by Crippen LogP contribution is 2.29. The molecule has 0 saturated carbocycles. The van der Waals surface area contributed by atoms with Gasteiger partial charge in [-0.25, -0.2) is 4.79 Å². The van der Waals surface area contributed by atoms with Crippen LogP contribution in [0.15, 0.2) is 48.7 Å². The fourth-order valence-electron chi connectivity index (χ4n) is 2.66. The fraction of sp³-hybridized carbons (Fsp3) is 0.158. The van der Waals surface area contributed by atoms with Gasteiger partial charge in [-0.3, -0.25) is 0 Å². The molecule has 26 heavy (non-hydrogen) atoms. The maximum Gasteiger partial charge on any atom is 0.387 e. The van der Waals surface area contributed by atoms with Crippen molar-refractivity contribution in [2.45, 2.75) is 13.5 Å². The minimum Gasteiger partial charge on any atom is -0.462 e. The molecule has 0 radical (unpaired) electrons. The predicted octanol–water partition coefficient (Wildman–Crippen LogP) is 4.28. The summed E-state index contributed by atoms with van der Waals surface area (Å²) in [7, 11) is 0. The Morgan fingerprint density at radius 3 is 2.58 bits per heavy atom. The van der Waals surface area contributed by atoms with Crippen LogP contribution in [-0.4, -0.2) is 23.8 Å². The number of nitrogens with zero attached hydrogens (tertiary/aromatic N) is 2. The van der Waals surface area contributed by atoms with Crippen molar-refractivity contribution in [3.63, 3.8) is 0 Å². The number of alkyl halides is 2. The summed E-state index contributed by atoms with van der Waals surface area (Å²) in [5.41, 5.74) is 2.12. The Bertz CT molecular complexity index is 988. The number of aromatic nitrogens is 1. The van der Waals surface area contributed by atoms with Crippen LogP contribution in [-0.2, 0) is 4.74 Å². The minimum atomic E-state index is -2.93. The second-order valence-corrected chi connectivity index (χ2v) is 5.35. The summed E-state index contributed by atoms with van der Waals surface area (Å²) in [5, 5.41) is 9.83. The molecule has 0 bridgehead atoms. The number of benzene rings is 2. The van der Waals surface area contributed by atoms with E-state index < -0.39 is 12.6 Å². The minimum absolute atomic E-state index is 0.0144. The average Bonchev–Trinajstić information content (AvgIpc) is 2.99. The van der Waals surface area contributed by atoms with Crippen LogP contribution in [0.2, 0.25) is 0 Å². The largest absolute Gasteiger partial charge is 0.462 e. The summed E-state index contributed by atoms with van der Waals surface area (Å²) in [6, 6.07) is 13.2. The van der Waals surface area contributed by atoms with Gasteiger partial charge in [-0.2, -0.15) is 14.0 Å². The van der Waals surface area contributed by atoms with Crippen LogP contribution in [0.5, 0.6) is 5.75 Å². The van der Waals surface area contributed by atoms with Gasteiger partial charge < -0.3 is 14.0 Å². The summed E-state index contributed by atoms with van der Waals surface area (Å²) in [4.78, 5) is 11.7. The van der Waals surface area contributed by atoms with Crippen molar-refractivity contribution in [3.8, 4) is 17.5 Å². The smallest absolute Gasteiger partial charge is 0.387 e. The maximum atomic E-state index is 12.4. The fourth-order valence-corrected chi connectivity index (χ4v) is 2.66. The Kier molecular flexibility index (Phi) is 4.85. The van der Waals surface area contributed by atoms with E-state index in [-0.39, 0.29) is 12.4 Å². The number of esters is 1. The summed E-state index contributed by atoms with van der Waals surface area (Å²) in [6.45, 7) is -0.916. The van der Waals surface area contributed by atoms with Gasteiger partial charge >= 0.3 is 12.6 Å². The van der Waals surface area contributed by atoms with Crippen LogP contribution in [0.25, 0.3) is 16.6 Å². The SMILES string of the molecule is CCOC(=O)c1ccc(-n2cc(C#N)c3cc(OC(F)F)ccc32)cc1. The van der Waals surface area contributed by atoms with Gasteiger partial charge in [-0.1, -0.05) is 0 Å². The number of nitriles is 1. The van der Waals surface area contributed by atoms with Crippen molar-refractivity contribution < 1.29 is 23.0 Å². The zero-order chi connectivity index (χ0) is 18.7. The lowest BCUT2D eigenvalue weighted by molar-refractivity contribution is -0.0497. The third-order valence-electron chi connectivity index (χ3n) is 3.78. The molecule has 0 atom stereocenters. The molecule has 0 fully saturated rings. The second kappa shape index (κ2) is 7.23. The van der Waals surface area contributed by atoms with Gasteiger partial charge in [0, 0.05) is 17.3 Å². The van der Waals surface area contributed by atoms with Crippen molar-refractivity contribution in [1.29, 1.82) is 5.26 Å². The van der Waals surface area contributed by atoms with Crippen LogP contribution in [0.3, 0.4) is 0 Å². The topological polar surface area (TPSA) is 64.2 Å². The molecule has 0 N–H and O–H groups in total. The van der Waals surface area contributed by atoms with Crippen molar-refractivity contribution >= 4 is 16.9 Å². The predicted molar refractivity (Wildman–Crippen MR) is 90.6 cm³/mol. The molecular weight excluding hydrogens is 342 g/mol. The second-order valence-electron chi connectivity index (χ2n) is 5.35. The Balaban J connectivity index is 2.02. The van der Waals surface area contributed by atoms with Crippen LogP contribution in [0.1, 0.15) is 22.8 Å². The first kappa shape index (κ1) is 17.4. The van der Waals surface area contributed by atoms with E-state index in [1.54, 1.807) is 48.0 Å². The van der Waals surface area contributed by atoms with E-state index in [9.17, 15) is 18.8 Å². The molecule has 0 unspecified atom stereocenters. The monoisotopic (exact) mass is 356 g/mol. The molecule has 0 amide bonds. The maximum absolute atomic E-state index is 12.4. The lowest BCUT2D eigenvalue weighted by Crippen LogP contribution is -2.04. The number of carbonyl (C=O) groups excluding carboxylic acids is 1. The third-order valence-corrected chi connectivity index (χ3v) is 3.78. The van der Waals surface area contributed by atoms with Crippen molar-refractivity contribution in [2.75, 3.05) is 6.61 Å². The number of halogens is 2. The molecule has 3 aromatic rings. The molecule has 5 nitrogen and oxygen atoms in total. The van der Waals surface area contributed by atoms with Gasteiger partial charge in [-0.15, -0.1) is 0 Å². The zero-order valence-corrected chi connectivity index (χ0v) is 13.8. The quantitative estimate of drug-likeness (QED) is 0.640. The Morgan fingerprint density at radius 1 is 1.23 bits per heavy atom. The van der Waals surface area contributed by atoms with Gasteiger partial charge in [0.15, 0.2) is 0 Å². The molecule has 2 aromatic carbocycles. The first-order valence-electron chi connectivity index (χ1n) is 7.81. The number of carbonyl (C=O) groups is 1. The first-order valence-corrected chi connectivity index (χ1v) is 7.81. The number of hydrogen-bond donors (Lipinski definition) is 0. The lowest BCUT2D eigenvalue weighted by Gasteiger charge is -2.08. The number of fused-ring (bicyclic) bond motifs is 1. The molecule has 0 spiro atoms. The summed E-state index contributed by atoms with van der Waals surface area (Å²) in [6.07, 6.45) is 1.61. The van der Waals surface area contributed by atoms with E-state index in [0.717, 1.165) is 0 Å². The van der Waals surface area contributed by atoms with Gasteiger partial charge in [0.1, 0.15) is 11.8 Å². The normalized spacial score (nSPS) is 10.7. The van der Waals surface area contributed by atoms with E-state index in [0.29, 0.717) is 27.7 Å². The van der Waals surface area contributed by atoms with Crippen LogP contribution in [0.4, 0.5) is 8.78 Å². The van der Waals surface area contributed by atoms with E-state index in [4.69, 9.17) is 4.74 Å². The molecule has 1 heterocycles. The molecule has 0 aliphatic heterocycles. The number of rotatable bonds is 5.